The number of carbonyl (C=O) groups is 2. The first-order chi connectivity index (χ1) is 12.5. The van der Waals surface area contributed by atoms with Crippen LogP contribution < -0.4 is 10.2 Å². The molecule has 5 nitrogen and oxygen atoms in total. The summed E-state index contributed by atoms with van der Waals surface area (Å²) in [5, 5.41) is 1.99. The van der Waals surface area contributed by atoms with Crippen LogP contribution in [0.5, 0.6) is 0 Å². The third-order valence-electron chi connectivity index (χ3n) is 4.17. The first-order valence-electron chi connectivity index (χ1n) is 8.01. The topological polar surface area (TPSA) is 52.7 Å². The maximum Gasteiger partial charge on any atom is 0.313 e. The van der Waals surface area contributed by atoms with Crippen LogP contribution in [0.4, 0.5) is 24.5 Å². The normalized spacial score (nSPS) is 14.3. The molecule has 0 spiro atoms. The molecule has 0 saturated carbocycles. The van der Waals surface area contributed by atoms with Crippen molar-refractivity contribution in [3.05, 3.63) is 59.9 Å². The van der Waals surface area contributed by atoms with Crippen LogP contribution in [0.15, 0.2) is 42.5 Å². The van der Waals surface area contributed by atoms with Gasteiger partial charge in [0.25, 0.3) is 0 Å². The van der Waals surface area contributed by atoms with E-state index in [9.17, 15) is 22.8 Å². The Kier molecular flexibility index (Phi) is 5.11. The summed E-state index contributed by atoms with van der Waals surface area (Å²) in [5.41, 5.74) is 0.443. The number of anilines is 2. The van der Waals surface area contributed by atoms with E-state index >= 15 is 0 Å². The Bertz CT molecular complexity index is 822. The molecule has 8 heteroatoms. The van der Waals surface area contributed by atoms with E-state index in [0.29, 0.717) is 32.2 Å². The monoisotopic (exact) mass is 363 g/mol. The maximum atomic E-state index is 13.6. The second-order valence-corrected chi connectivity index (χ2v) is 5.79. The van der Waals surface area contributed by atoms with Crippen molar-refractivity contribution < 1.29 is 22.8 Å². The molecule has 3 rings (SSSR count). The van der Waals surface area contributed by atoms with Crippen LogP contribution in [-0.4, -0.2) is 42.9 Å². The standard InChI is InChI=1S/C18H16F3N3O2/c19-13-6-7-14(16(21)15(13)20)22-17(25)18(26)24-10-8-23(9-11-24)12-4-2-1-3-5-12/h1-7H,8-11H2,(H,22,25). The van der Waals surface area contributed by atoms with Crippen molar-refractivity contribution in [2.75, 3.05) is 36.4 Å². The summed E-state index contributed by atoms with van der Waals surface area (Å²) in [6, 6.07) is 11.2. The van der Waals surface area contributed by atoms with Crippen molar-refractivity contribution in [1.82, 2.24) is 4.90 Å². The van der Waals surface area contributed by atoms with Gasteiger partial charge in [-0.15, -0.1) is 0 Å². The van der Waals surface area contributed by atoms with Crippen LogP contribution in [-0.2, 0) is 9.59 Å². The summed E-state index contributed by atoms with van der Waals surface area (Å²) in [4.78, 5) is 27.6. The van der Waals surface area contributed by atoms with E-state index in [1.54, 1.807) is 0 Å². The molecule has 0 aliphatic carbocycles. The van der Waals surface area contributed by atoms with E-state index in [1.165, 1.54) is 4.90 Å². The van der Waals surface area contributed by atoms with Crippen LogP contribution in [0.3, 0.4) is 0 Å². The highest BCUT2D eigenvalue weighted by molar-refractivity contribution is 6.39. The average Bonchev–Trinajstić information content (AvgIpc) is 2.68. The number of amides is 2. The summed E-state index contributed by atoms with van der Waals surface area (Å²) in [5.74, 6) is -6.56. The summed E-state index contributed by atoms with van der Waals surface area (Å²) in [6.07, 6.45) is 0. The molecule has 2 amide bonds. The Balaban J connectivity index is 1.60. The molecule has 0 unspecified atom stereocenters. The summed E-state index contributed by atoms with van der Waals surface area (Å²) in [7, 11) is 0. The van der Waals surface area contributed by atoms with Crippen molar-refractivity contribution in [1.29, 1.82) is 0 Å². The van der Waals surface area contributed by atoms with Crippen molar-refractivity contribution in [3.63, 3.8) is 0 Å². The third kappa shape index (κ3) is 3.63. The fourth-order valence-corrected chi connectivity index (χ4v) is 2.75. The number of carbonyl (C=O) groups excluding carboxylic acids is 2. The van der Waals surface area contributed by atoms with Gasteiger partial charge in [-0.1, -0.05) is 18.2 Å². The van der Waals surface area contributed by atoms with Gasteiger partial charge in [-0.2, -0.15) is 0 Å². The Labute approximate surface area is 148 Å². The number of rotatable bonds is 2. The highest BCUT2D eigenvalue weighted by Crippen LogP contribution is 2.20. The molecule has 0 radical (unpaired) electrons. The SMILES string of the molecule is O=C(Nc1ccc(F)c(F)c1F)C(=O)N1CCN(c2ccccc2)CC1. The number of hydrogen-bond donors (Lipinski definition) is 1. The number of hydrogen-bond acceptors (Lipinski definition) is 3. The van der Waals surface area contributed by atoms with Gasteiger partial charge in [0.15, 0.2) is 17.5 Å². The number of para-hydroxylation sites is 1. The second kappa shape index (κ2) is 7.47. The highest BCUT2D eigenvalue weighted by Gasteiger charge is 2.27. The first kappa shape index (κ1) is 17.8. The van der Waals surface area contributed by atoms with Crippen LogP contribution in [0.25, 0.3) is 0 Å². The Morgan fingerprint density at radius 2 is 1.50 bits per heavy atom. The molecule has 2 aromatic rings. The molecular formula is C18H16F3N3O2. The predicted molar refractivity (Wildman–Crippen MR) is 90.2 cm³/mol. The van der Waals surface area contributed by atoms with Gasteiger partial charge in [-0.05, 0) is 24.3 Å². The Morgan fingerprint density at radius 1 is 0.846 bits per heavy atom. The van der Waals surface area contributed by atoms with E-state index in [-0.39, 0.29) is 0 Å². The molecule has 1 heterocycles. The number of nitrogens with zero attached hydrogens (tertiary/aromatic N) is 2. The molecule has 0 bridgehead atoms. The molecule has 2 aromatic carbocycles. The van der Waals surface area contributed by atoms with E-state index in [1.807, 2.05) is 35.6 Å². The lowest BCUT2D eigenvalue weighted by molar-refractivity contribution is -0.143. The summed E-state index contributed by atoms with van der Waals surface area (Å²) < 4.78 is 39.7. The minimum Gasteiger partial charge on any atom is -0.368 e. The Hall–Kier alpha value is -3.03. The molecule has 0 atom stereocenters. The van der Waals surface area contributed by atoms with Gasteiger partial charge >= 0.3 is 11.8 Å². The fraction of sp³-hybridized carbons (Fsp3) is 0.222. The first-order valence-corrected chi connectivity index (χ1v) is 8.01. The summed E-state index contributed by atoms with van der Waals surface area (Å²) >= 11 is 0. The van der Waals surface area contributed by atoms with Gasteiger partial charge in [-0.25, -0.2) is 13.2 Å². The predicted octanol–water partition coefficient (Wildman–Crippen LogP) is 2.39. The zero-order valence-electron chi connectivity index (χ0n) is 13.7. The molecule has 1 saturated heterocycles. The van der Waals surface area contributed by atoms with Gasteiger partial charge < -0.3 is 15.1 Å². The lowest BCUT2D eigenvalue weighted by Gasteiger charge is -2.35. The summed E-state index contributed by atoms with van der Waals surface area (Å²) in [6.45, 7) is 1.73. The lowest BCUT2D eigenvalue weighted by atomic mass is 10.2. The zero-order valence-corrected chi connectivity index (χ0v) is 13.7. The molecule has 26 heavy (non-hydrogen) atoms. The van der Waals surface area contributed by atoms with Crippen molar-refractivity contribution >= 4 is 23.2 Å². The van der Waals surface area contributed by atoms with E-state index in [4.69, 9.17) is 0 Å². The minimum atomic E-state index is -1.70. The van der Waals surface area contributed by atoms with Crippen LogP contribution in [0.1, 0.15) is 0 Å². The van der Waals surface area contributed by atoms with Crippen LogP contribution in [0.2, 0.25) is 0 Å². The number of piperazine rings is 1. The molecule has 1 aliphatic rings. The molecule has 1 fully saturated rings. The number of halogens is 3. The second-order valence-electron chi connectivity index (χ2n) is 5.79. The Morgan fingerprint density at radius 3 is 2.15 bits per heavy atom. The van der Waals surface area contributed by atoms with Gasteiger partial charge in [0.1, 0.15) is 0 Å². The van der Waals surface area contributed by atoms with E-state index < -0.39 is 35.0 Å². The van der Waals surface area contributed by atoms with Crippen molar-refractivity contribution in [2.24, 2.45) is 0 Å². The fourth-order valence-electron chi connectivity index (χ4n) is 2.75. The van der Waals surface area contributed by atoms with Crippen LogP contribution in [0, 0.1) is 17.5 Å². The largest absolute Gasteiger partial charge is 0.368 e. The number of nitrogens with one attached hydrogen (secondary N) is 1. The van der Waals surface area contributed by atoms with E-state index in [0.717, 1.165) is 11.8 Å². The average molecular weight is 363 g/mol. The molecule has 1 N–H and O–H groups in total. The number of benzene rings is 2. The molecule has 136 valence electrons. The highest BCUT2D eigenvalue weighted by atomic mass is 19.2. The lowest BCUT2D eigenvalue weighted by Crippen LogP contribution is -2.51. The third-order valence-corrected chi connectivity index (χ3v) is 4.17. The van der Waals surface area contributed by atoms with Crippen molar-refractivity contribution in [3.8, 4) is 0 Å². The van der Waals surface area contributed by atoms with Gasteiger partial charge in [0.2, 0.25) is 0 Å². The van der Waals surface area contributed by atoms with Crippen LogP contribution >= 0.6 is 0 Å². The zero-order chi connectivity index (χ0) is 18.7. The molecule has 0 aromatic heterocycles. The van der Waals surface area contributed by atoms with Gasteiger partial charge in [0.05, 0.1) is 5.69 Å². The maximum absolute atomic E-state index is 13.6. The quantitative estimate of drug-likeness (QED) is 0.659. The minimum absolute atomic E-state index is 0.321. The van der Waals surface area contributed by atoms with Crippen molar-refractivity contribution in [2.45, 2.75) is 0 Å². The van der Waals surface area contributed by atoms with Gasteiger partial charge in [-0.3, -0.25) is 9.59 Å². The molecule has 1 aliphatic heterocycles. The van der Waals surface area contributed by atoms with E-state index in [2.05, 4.69) is 4.90 Å². The van der Waals surface area contributed by atoms with Gasteiger partial charge in [0, 0.05) is 31.9 Å². The smallest absolute Gasteiger partial charge is 0.313 e. The molecular weight excluding hydrogens is 347 g/mol.